The van der Waals surface area contributed by atoms with Crippen molar-refractivity contribution in [2.45, 2.75) is 127 Å². The molecule has 0 spiro atoms. The number of carboxylic acid groups (broad SMARTS) is 10. The normalized spacial score (nSPS) is 14.7. The van der Waals surface area contributed by atoms with Crippen molar-refractivity contribution in [1.29, 1.82) is 0 Å². The Labute approximate surface area is 771 Å². The van der Waals surface area contributed by atoms with E-state index in [2.05, 4.69) is 24.9 Å². The Balaban J connectivity index is 0.000000830. The Morgan fingerprint density at radius 2 is 0.422 bits per heavy atom. The minimum Gasteiger partial charge on any atom is -0.481 e. The van der Waals surface area contributed by atoms with Gasteiger partial charge in [-0.05, 0) is 34.6 Å². The first-order valence-corrected chi connectivity index (χ1v) is 36.7. The lowest BCUT2D eigenvalue weighted by Gasteiger charge is -2.19. The van der Waals surface area contributed by atoms with Crippen LogP contribution in [-0.4, -0.2) is 287 Å². The number of aryl methyl sites for hydroxylation is 10. The van der Waals surface area contributed by atoms with E-state index in [1.165, 1.54) is 87.3 Å². The molecule has 135 heavy (non-hydrogen) atoms. The fraction of sp³-hybridized carbons (Fsp3) is 0.467. The molecule has 5 unspecified atom stereocenters. The number of hydrogen-bond donors (Lipinski definition) is 15. The van der Waals surface area contributed by atoms with Gasteiger partial charge in [0.1, 0.15) is 31.7 Å². The maximum absolute atomic E-state index is 12.0. The lowest BCUT2D eigenvalue weighted by atomic mass is 9.94. The SMILES string of the molecule is CC(=O)CC(O)(CC(=O)O)C(=O)O.CC(=O)CC(O)(CC(=O)O)C(=O)O.CC(=O)CC(O)(CC(=O)O)C(=O)O.CC(=O)CC(O)(CC(=O)O)C(=O)O.CC(=O)CC(O)(CC(=O)O)C(=O)O.[2H]C([2H])([2H])n1c(=O)c2c(ncn2C)n(C)c1=O.[2H]C([2H])([2H])n1c(=O)n(C)c(=O)c2c1ncn2C.[2H]C([2H])([2H])n1cnc2c1c(=O)n(C)c(=O)n2C.[2H]c1nc2c(c(=O)n(C)c(=O)n2C([2H])([2H])[2H])n1C.[2H]c1nc2c(c(=O)n(C)c(=O)n2C)n1C. The quantitative estimate of drug-likeness (QED) is 0.0253. The summed E-state index contributed by atoms with van der Waals surface area (Å²) in [6.07, 6.45) is -5.05. The highest BCUT2D eigenvalue weighted by atomic mass is 16.4. The van der Waals surface area contributed by atoms with Gasteiger partial charge < -0.3 is 99.4 Å². The van der Waals surface area contributed by atoms with Crippen LogP contribution in [0.25, 0.3) is 55.8 Å². The third-order valence-electron chi connectivity index (χ3n) is 17.6. The number of aliphatic hydroxyl groups is 5. The molecule has 10 rings (SSSR count). The Morgan fingerprint density at radius 3 is 0.622 bits per heavy atom. The summed E-state index contributed by atoms with van der Waals surface area (Å²) >= 11 is 0. The van der Waals surface area contributed by atoms with E-state index >= 15 is 0 Å². The van der Waals surface area contributed by atoms with Crippen molar-refractivity contribution in [2.24, 2.45) is 105 Å². The van der Waals surface area contributed by atoms with Crippen molar-refractivity contribution < 1.29 is 168 Å². The molecule has 0 radical (unpaired) electrons. The molecule has 0 saturated carbocycles. The van der Waals surface area contributed by atoms with Crippen LogP contribution in [0.3, 0.4) is 0 Å². The van der Waals surface area contributed by atoms with Gasteiger partial charge in [-0.1, -0.05) is 0 Å². The van der Waals surface area contributed by atoms with Crippen LogP contribution in [0, 0.1) is 0 Å². The molecule has 0 aliphatic heterocycles. The fourth-order valence-electron chi connectivity index (χ4n) is 11.0. The average molecular weight is 1940 g/mol. The summed E-state index contributed by atoms with van der Waals surface area (Å²) in [5.74, 6) is -18.7. The van der Waals surface area contributed by atoms with Gasteiger partial charge in [0.25, 0.3) is 27.8 Å². The van der Waals surface area contributed by atoms with Crippen molar-refractivity contribution in [3.8, 4) is 0 Å². The van der Waals surface area contributed by atoms with Gasteiger partial charge >= 0.3 is 88.1 Å². The van der Waals surface area contributed by atoms with E-state index < -0.39 is 265 Å². The molecule has 0 aromatic carbocycles. The first-order chi connectivity index (χ1) is 67.2. The number of carbonyl (C=O) groups excluding carboxylic acids is 5. The number of ketones is 5. The molecule has 0 aliphatic rings. The molecule has 0 amide bonds. The van der Waals surface area contributed by atoms with Crippen LogP contribution in [0.15, 0.2) is 79.5 Å². The van der Waals surface area contributed by atoms with Crippen molar-refractivity contribution in [3.05, 3.63) is 136 Å². The summed E-state index contributed by atoms with van der Waals surface area (Å²) in [6.45, 7) is -5.34. The molecule has 0 fully saturated rings. The van der Waals surface area contributed by atoms with E-state index in [1.807, 2.05) is 0 Å². The molecule has 60 nitrogen and oxygen atoms in total. The van der Waals surface area contributed by atoms with E-state index in [0.717, 1.165) is 72.9 Å². The van der Waals surface area contributed by atoms with Gasteiger partial charge in [-0.15, -0.1) is 0 Å². The maximum Gasteiger partial charge on any atom is 0.336 e. The molecule has 10 aromatic rings. The number of nitrogens with zero attached hydrogens (tertiary/aromatic N) is 20. The van der Waals surface area contributed by atoms with E-state index in [1.54, 1.807) is 21.1 Å². The van der Waals surface area contributed by atoms with Gasteiger partial charge in [0.05, 0.1) is 63.7 Å². The van der Waals surface area contributed by atoms with Crippen molar-refractivity contribution in [2.75, 3.05) is 0 Å². The lowest BCUT2D eigenvalue weighted by Crippen LogP contribution is -2.42. The minimum absolute atomic E-state index is 0.0386. The fourth-order valence-corrected chi connectivity index (χ4v) is 11.0. The zero-order valence-electron chi connectivity index (χ0n) is 87.7. The molecule has 5 atom stereocenters. The summed E-state index contributed by atoms with van der Waals surface area (Å²) in [5.41, 5.74) is -19.1. The van der Waals surface area contributed by atoms with Crippen molar-refractivity contribution >= 4 is 144 Å². The smallest absolute Gasteiger partial charge is 0.336 e. The number of fused-ring (bicyclic) bond motifs is 5. The Bertz CT molecular complexity index is 7220. The zero-order chi connectivity index (χ0) is 117. The Hall–Kier alpha value is -16.4. The van der Waals surface area contributed by atoms with Crippen LogP contribution in [0.4, 0.5) is 0 Å². The first kappa shape index (κ1) is 93.3. The lowest BCUT2D eigenvalue weighted by molar-refractivity contribution is -0.167. The minimum atomic E-state index is -2.80. The molecule has 740 valence electrons. The van der Waals surface area contributed by atoms with Gasteiger partial charge in [-0.3, -0.25) is 118 Å². The predicted octanol–water partition coefficient (Wildman–Crippen LogP) is -8.87. The number of aromatic nitrogens is 20. The monoisotopic (exact) mass is 1930 g/mol. The summed E-state index contributed by atoms with van der Waals surface area (Å²) < 4.78 is 116. The number of rotatable bonds is 25. The molecule has 10 heterocycles. The topological polar surface area (TPSA) is 869 Å². The summed E-state index contributed by atoms with van der Waals surface area (Å²) in [7, 11) is 15.5. The highest BCUT2D eigenvalue weighted by Gasteiger charge is 2.44. The van der Waals surface area contributed by atoms with E-state index in [0.29, 0.717) is 13.7 Å². The van der Waals surface area contributed by atoms with Gasteiger partial charge in [0.15, 0.2) is 83.8 Å². The second-order valence-electron chi connectivity index (χ2n) is 29.0. The average Bonchev–Trinajstić information content (AvgIpc) is 1.82. The zero-order valence-corrected chi connectivity index (χ0v) is 73.7. The predicted molar refractivity (Wildman–Crippen MR) is 457 cm³/mol. The van der Waals surface area contributed by atoms with Crippen LogP contribution in [-0.2, 0) is 177 Å². The second-order valence-corrected chi connectivity index (χ2v) is 29.0. The summed E-state index contributed by atoms with van der Waals surface area (Å²) in [5, 5.41) is 130. The third kappa shape index (κ3) is 30.1. The number of hydrogen-bond acceptors (Lipinski definition) is 35. The second kappa shape index (κ2) is 47.4. The molecule has 0 bridgehead atoms. The standard InChI is InChI=1S/5C8H10N4O2.5C7H10O6/c5*1-10-4-9-6-5(10)7(13)12(3)8(14)11(6)2;5*1-4(8)2-7(13,6(11)12)3-5(9)10/h5*4H,1-3H3;5*13H,2-3H2,1H3,(H,9,10)(H,11,12)/i2D3,4D;4D;3D3;2D3;1D3;;;;;. The van der Waals surface area contributed by atoms with Gasteiger partial charge in [-0.2, -0.15) is 0 Å². The van der Waals surface area contributed by atoms with Crippen LogP contribution < -0.4 is 56.2 Å². The molecule has 0 aliphatic carbocycles. The maximum atomic E-state index is 12.0. The van der Waals surface area contributed by atoms with E-state index in [9.17, 15) is 145 Å². The van der Waals surface area contributed by atoms with E-state index in [-0.39, 0.29) is 73.0 Å². The van der Waals surface area contributed by atoms with Gasteiger partial charge in [0, 0.05) is 154 Å². The van der Waals surface area contributed by atoms with Crippen LogP contribution in [0.2, 0.25) is 0 Å². The molecular weight excluding hydrogens is 1820 g/mol. The summed E-state index contributed by atoms with van der Waals surface area (Å²) in [4.78, 5) is 292. The van der Waals surface area contributed by atoms with Gasteiger partial charge in [0.2, 0.25) is 0 Å². The number of imidazole rings is 5. The van der Waals surface area contributed by atoms with E-state index in [4.69, 9.17) is 70.3 Å². The Morgan fingerprint density at radius 1 is 0.252 bits per heavy atom. The summed E-state index contributed by atoms with van der Waals surface area (Å²) in [6, 6.07) is 0. The molecule has 15 N–H and O–H groups in total. The van der Waals surface area contributed by atoms with Crippen molar-refractivity contribution in [1.82, 2.24) is 93.4 Å². The number of carboxylic acids is 10. The highest BCUT2D eigenvalue weighted by Crippen LogP contribution is 2.21. The van der Waals surface area contributed by atoms with Crippen LogP contribution in [0.5, 0.6) is 0 Å². The van der Waals surface area contributed by atoms with Gasteiger partial charge in [-0.25, -0.2) is 72.9 Å². The van der Waals surface area contributed by atoms with Crippen molar-refractivity contribution in [3.63, 3.8) is 0 Å². The largest absolute Gasteiger partial charge is 0.481 e. The highest BCUT2D eigenvalue weighted by molar-refractivity contribution is 5.93. The Kier molecular flexibility index (Phi) is 32.8. The molecule has 60 heteroatoms. The molecule has 0 saturated heterocycles. The number of aliphatic carboxylic acids is 10. The molecular formula is C75H100N20O40. The first-order valence-electron chi connectivity index (χ1n) is 43.7. The number of Topliss-reactive ketones (excluding diaryl/α,β-unsaturated/α-hetero) is 5. The third-order valence-corrected chi connectivity index (χ3v) is 17.6. The molecule has 10 aromatic heterocycles. The van der Waals surface area contributed by atoms with Crippen LogP contribution >= 0.6 is 0 Å². The number of carbonyl (C=O) groups is 15. The van der Waals surface area contributed by atoms with Crippen LogP contribution in [0.1, 0.15) is 118 Å².